The van der Waals surface area contributed by atoms with Crippen LogP contribution in [0.5, 0.6) is 17.2 Å². The topological polar surface area (TPSA) is 87.1 Å². The summed E-state index contributed by atoms with van der Waals surface area (Å²) in [7, 11) is 0. The van der Waals surface area contributed by atoms with Crippen molar-refractivity contribution in [1.82, 2.24) is 4.90 Å². The van der Waals surface area contributed by atoms with Crippen molar-refractivity contribution >= 4 is 11.6 Å². The number of aromatic hydroxyl groups is 2. The van der Waals surface area contributed by atoms with Crippen molar-refractivity contribution in [3.05, 3.63) is 52.1 Å². The minimum absolute atomic E-state index is 0.0661. The second-order valence-corrected chi connectivity index (χ2v) is 6.61. The van der Waals surface area contributed by atoms with E-state index < -0.39 is 11.6 Å². The van der Waals surface area contributed by atoms with Crippen LogP contribution in [0.3, 0.4) is 0 Å². The van der Waals surface area contributed by atoms with E-state index in [4.69, 9.17) is 4.74 Å². The molecular formula is C21H23NO5. The molecule has 2 aromatic carbocycles. The number of hydrogen-bond donors (Lipinski definition) is 2. The number of rotatable bonds is 6. The van der Waals surface area contributed by atoms with Crippen molar-refractivity contribution in [3.63, 3.8) is 0 Å². The van der Waals surface area contributed by atoms with Gasteiger partial charge >= 0.3 is 0 Å². The summed E-state index contributed by atoms with van der Waals surface area (Å²) in [4.78, 5) is 27.9. The molecule has 2 N–H and O–H groups in total. The Kier molecular flexibility index (Phi) is 5.19. The lowest BCUT2D eigenvalue weighted by Gasteiger charge is -2.21. The molecule has 0 fully saturated rings. The zero-order valence-corrected chi connectivity index (χ0v) is 15.7. The number of nitrogens with zero attached hydrogens (tertiary/aromatic N) is 1. The first kappa shape index (κ1) is 18.9. The SMILES string of the molecule is CCN(CC)CCOc1cc(O)c2c(c1)C(=O)c1cc(C)cc(O)c1C2=O. The summed E-state index contributed by atoms with van der Waals surface area (Å²) >= 11 is 0. The lowest BCUT2D eigenvalue weighted by Crippen LogP contribution is -2.28. The summed E-state index contributed by atoms with van der Waals surface area (Å²) in [6.45, 7) is 8.79. The molecule has 1 aliphatic rings. The van der Waals surface area contributed by atoms with Crippen LogP contribution in [-0.2, 0) is 0 Å². The number of likely N-dealkylation sites (N-methyl/N-ethyl adjacent to an activating group) is 1. The lowest BCUT2D eigenvalue weighted by molar-refractivity contribution is 0.0973. The Balaban J connectivity index is 1.95. The van der Waals surface area contributed by atoms with Gasteiger partial charge in [-0.15, -0.1) is 0 Å². The van der Waals surface area contributed by atoms with Gasteiger partial charge in [-0.05, 0) is 43.8 Å². The second-order valence-electron chi connectivity index (χ2n) is 6.61. The second kappa shape index (κ2) is 7.40. The van der Waals surface area contributed by atoms with Crippen LogP contribution in [-0.4, -0.2) is 52.9 Å². The Morgan fingerprint density at radius 1 is 0.889 bits per heavy atom. The van der Waals surface area contributed by atoms with E-state index in [1.807, 2.05) is 0 Å². The van der Waals surface area contributed by atoms with Crippen LogP contribution >= 0.6 is 0 Å². The Labute approximate surface area is 158 Å². The highest BCUT2D eigenvalue weighted by atomic mass is 16.5. The van der Waals surface area contributed by atoms with Crippen molar-refractivity contribution in [1.29, 1.82) is 0 Å². The van der Waals surface area contributed by atoms with Gasteiger partial charge in [0, 0.05) is 23.7 Å². The third-order valence-electron chi connectivity index (χ3n) is 4.87. The number of ether oxygens (including phenoxy) is 1. The van der Waals surface area contributed by atoms with Crippen LogP contribution in [0.2, 0.25) is 0 Å². The number of fused-ring (bicyclic) bond motifs is 2. The van der Waals surface area contributed by atoms with E-state index in [0.29, 0.717) is 24.5 Å². The molecule has 1 aliphatic carbocycles. The van der Waals surface area contributed by atoms with E-state index in [1.54, 1.807) is 13.0 Å². The van der Waals surface area contributed by atoms with Gasteiger partial charge in [0.1, 0.15) is 23.9 Å². The van der Waals surface area contributed by atoms with Crippen LogP contribution in [0.15, 0.2) is 24.3 Å². The quantitative estimate of drug-likeness (QED) is 0.695. The molecule has 0 bridgehead atoms. The van der Waals surface area contributed by atoms with Crippen molar-refractivity contribution in [2.24, 2.45) is 0 Å². The fraction of sp³-hybridized carbons (Fsp3) is 0.333. The molecule has 0 amide bonds. The smallest absolute Gasteiger partial charge is 0.201 e. The standard InChI is InChI=1S/C21H23NO5/c1-4-22(5-2)6-7-27-13-10-15-19(17(24)11-13)21(26)18-14(20(15)25)8-12(3)9-16(18)23/h8-11,23-24H,4-7H2,1-3H3. The monoisotopic (exact) mass is 369 g/mol. The van der Waals surface area contributed by atoms with E-state index >= 15 is 0 Å². The minimum atomic E-state index is -0.565. The number of carbonyl (C=O) groups excluding carboxylic acids is 2. The summed E-state index contributed by atoms with van der Waals surface area (Å²) in [6.07, 6.45) is 0. The van der Waals surface area contributed by atoms with Gasteiger partial charge in [-0.3, -0.25) is 9.59 Å². The molecule has 0 spiro atoms. The predicted molar refractivity (Wildman–Crippen MR) is 101 cm³/mol. The Morgan fingerprint density at radius 2 is 1.48 bits per heavy atom. The highest BCUT2D eigenvalue weighted by molar-refractivity contribution is 6.30. The van der Waals surface area contributed by atoms with Crippen molar-refractivity contribution < 1.29 is 24.5 Å². The molecule has 0 saturated carbocycles. The number of hydrogen-bond acceptors (Lipinski definition) is 6. The van der Waals surface area contributed by atoms with Gasteiger partial charge in [0.05, 0.1) is 11.1 Å². The van der Waals surface area contributed by atoms with Crippen molar-refractivity contribution in [2.45, 2.75) is 20.8 Å². The zero-order chi connectivity index (χ0) is 19.7. The largest absolute Gasteiger partial charge is 0.507 e. The number of ketones is 2. The van der Waals surface area contributed by atoms with Gasteiger partial charge in [-0.2, -0.15) is 0 Å². The van der Waals surface area contributed by atoms with Gasteiger partial charge in [0.15, 0.2) is 5.78 Å². The molecule has 2 aromatic rings. The van der Waals surface area contributed by atoms with Gasteiger partial charge in [-0.1, -0.05) is 13.8 Å². The molecule has 142 valence electrons. The number of aryl methyl sites for hydroxylation is 1. The molecule has 6 heteroatoms. The van der Waals surface area contributed by atoms with E-state index in [-0.39, 0.29) is 33.8 Å². The average Bonchev–Trinajstić information content (AvgIpc) is 2.62. The maximum atomic E-state index is 12.9. The minimum Gasteiger partial charge on any atom is -0.507 e. The molecular weight excluding hydrogens is 346 g/mol. The number of phenolic OH excluding ortho intramolecular Hbond substituents is 2. The molecule has 0 atom stereocenters. The highest BCUT2D eigenvalue weighted by Crippen LogP contribution is 2.39. The van der Waals surface area contributed by atoms with E-state index in [2.05, 4.69) is 18.7 Å². The molecule has 0 unspecified atom stereocenters. The summed E-state index contributed by atoms with van der Waals surface area (Å²) in [6, 6.07) is 5.82. The van der Waals surface area contributed by atoms with Crippen LogP contribution in [0.4, 0.5) is 0 Å². The molecule has 3 rings (SSSR count). The summed E-state index contributed by atoms with van der Waals surface area (Å²) in [5, 5.41) is 20.5. The van der Waals surface area contributed by atoms with Crippen LogP contribution in [0.1, 0.15) is 51.3 Å². The van der Waals surface area contributed by atoms with Gasteiger partial charge in [0.2, 0.25) is 5.78 Å². The van der Waals surface area contributed by atoms with Crippen LogP contribution in [0.25, 0.3) is 0 Å². The van der Waals surface area contributed by atoms with Gasteiger partial charge in [0.25, 0.3) is 0 Å². The summed E-state index contributed by atoms with van der Waals surface area (Å²) in [5.41, 5.74) is 0.748. The fourth-order valence-electron chi connectivity index (χ4n) is 3.39. The fourth-order valence-corrected chi connectivity index (χ4v) is 3.39. The predicted octanol–water partition coefficient (Wildman–Crippen LogP) is 2.90. The van der Waals surface area contributed by atoms with Gasteiger partial charge in [-0.25, -0.2) is 0 Å². The van der Waals surface area contributed by atoms with Crippen molar-refractivity contribution in [2.75, 3.05) is 26.2 Å². The maximum Gasteiger partial charge on any atom is 0.201 e. The summed E-state index contributed by atoms with van der Waals surface area (Å²) < 4.78 is 5.69. The van der Waals surface area contributed by atoms with Gasteiger partial charge < -0.3 is 19.8 Å². The molecule has 27 heavy (non-hydrogen) atoms. The molecule has 0 saturated heterocycles. The van der Waals surface area contributed by atoms with Crippen LogP contribution < -0.4 is 4.74 Å². The van der Waals surface area contributed by atoms with E-state index in [0.717, 1.165) is 13.1 Å². The maximum absolute atomic E-state index is 12.9. The normalized spacial score (nSPS) is 12.9. The third kappa shape index (κ3) is 3.40. The first-order chi connectivity index (χ1) is 12.9. The molecule has 0 heterocycles. The number of carbonyl (C=O) groups is 2. The van der Waals surface area contributed by atoms with Crippen LogP contribution in [0, 0.1) is 6.92 Å². The van der Waals surface area contributed by atoms with E-state index in [9.17, 15) is 19.8 Å². The first-order valence-electron chi connectivity index (χ1n) is 9.02. The Morgan fingerprint density at radius 3 is 2.11 bits per heavy atom. The first-order valence-corrected chi connectivity index (χ1v) is 9.02. The summed E-state index contributed by atoms with van der Waals surface area (Å²) in [5.74, 6) is -1.23. The Bertz CT molecular complexity index is 915. The van der Waals surface area contributed by atoms with E-state index in [1.165, 1.54) is 18.2 Å². The Hall–Kier alpha value is -2.86. The van der Waals surface area contributed by atoms with Crippen molar-refractivity contribution in [3.8, 4) is 17.2 Å². The molecule has 0 aliphatic heterocycles. The zero-order valence-electron chi connectivity index (χ0n) is 15.7. The molecule has 0 radical (unpaired) electrons. The molecule has 0 aromatic heterocycles. The number of phenols is 2. The highest BCUT2D eigenvalue weighted by Gasteiger charge is 2.35. The number of benzene rings is 2. The lowest BCUT2D eigenvalue weighted by atomic mass is 9.82. The third-order valence-corrected chi connectivity index (χ3v) is 4.87. The molecule has 6 nitrogen and oxygen atoms in total. The average molecular weight is 369 g/mol.